The number of amides is 2. The molecule has 3 aromatic rings. The van der Waals surface area contributed by atoms with E-state index < -0.39 is 11.0 Å². The number of benzene rings is 1. The van der Waals surface area contributed by atoms with Crippen molar-refractivity contribution in [3.8, 4) is 11.3 Å². The van der Waals surface area contributed by atoms with E-state index in [9.17, 15) is 14.7 Å². The van der Waals surface area contributed by atoms with Crippen LogP contribution in [-0.2, 0) is 6.54 Å². The van der Waals surface area contributed by atoms with Gasteiger partial charge in [-0.2, -0.15) is 0 Å². The Hall–Kier alpha value is -3.52. The number of aromatic nitrogens is 3. The van der Waals surface area contributed by atoms with Crippen LogP contribution < -0.4 is 5.56 Å². The summed E-state index contributed by atoms with van der Waals surface area (Å²) in [6, 6.07) is 15.3. The number of likely N-dealkylation sites (tertiary alicyclic amines) is 2. The van der Waals surface area contributed by atoms with Gasteiger partial charge in [-0.3, -0.25) is 14.3 Å². The molecule has 38 heavy (non-hydrogen) atoms. The quantitative estimate of drug-likeness (QED) is 0.563. The molecular formula is C30H35N5O3. The molecule has 3 fully saturated rings. The Balaban J connectivity index is 1.22. The molecule has 1 spiro atoms. The molecular weight excluding hydrogens is 478 g/mol. The number of urea groups is 1. The Kier molecular flexibility index (Phi) is 6.51. The van der Waals surface area contributed by atoms with Gasteiger partial charge < -0.3 is 14.9 Å². The van der Waals surface area contributed by atoms with Crippen LogP contribution in [0, 0.1) is 5.41 Å². The van der Waals surface area contributed by atoms with Gasteiger partial charge in [0.05, 0.1) is 30.2 Å². The average Bonchev–Trinajstić information content (AvgIpc) is 3.63. The molecule has 1 aromatic carbocycles. The summed E-state index contributed by atoms with van der Waals surface area (Å²) in [5.74, 6) is 0. The molecule has 6 rings (SSSR count). The van der Waals surface area contributed by atoms with Crippen molar-refractivity contribution in [1.29, 1.82) is 0 Å². The molecule has 1 saturated carbocycles. The summed E-state index contributed by atoms with van der Waals surface area (Å²) in [6.45, 7) is 1.93. The van der Waals surface area contributed by atoms with E-state index in [0.29, 0.717) is 25.2 Å². The van der Waals surface area contributed by atoms with Gasteiger partial charge in [0, 0.05) is 49.1 Å². The second-order valence-corrected chi connectivity index (χ2v) is 11.2. The zero-order valence-corrected chi connectivity index (χ0v) is 21.7. The summed E-state index contributed by atoms with van der Waals surface area (Å²) >= 11 is 0. The number of carbonyl (C=O) groups is 1. The number of rotatable bonds is 4. The molecule has 2 saturated heterocycles. The largest absolute Gasteiger partial charge is 0.387 e. The van der Waals surface area contributed by atoms with Crippen LogP contribution in [0.1, 0.15) is 56.6 Å². The second kappa shape index (κ2) is 9.98. The molecule has 2 atom stereocenters. The molecule has 2 aliphatic heterocycles. The molecule has 0 bridgehead atoms. The van der Waals surface area contributed by atoms with Gasteiger partial charge in [-0.15, -0.1) is 0 Å². The molecule has 1 aliphatic carbocycles. The van der Waals surface area contributed by atoms with Crippen molar-refractivity contribution < 1.29 is 9.90 Å². The van der Waals surface area contributed by atoms with Crippen molar-refractivity contribution in [3.63, 3.8) is 0 Å². The standard InChI is InChI=1S/C30H35N5O3/c36-27-19-25(23-7-2-1-3-8-23)32-22-34(27)21-30(38)14-18-33(20-29(30)12-4-5-13-29)28(37)35-17-6-9-26(35)24-10-15-31-16-11-24/h1-3,7-8,10-11,15-16,19,22,26,38H,4-6,9,12-14,17-18,20-21H2. The summed E-state index contributed by atoms with van der Waals surface area (Å²) in [6.07, 6.45) is 11.3. The lowest BCUT2D eigenvalue weighted by molar-refractivity contribution is -0.136. The molecule has 8 heteroatoms. The van der Waals surface area contributed by atoms with E-state index in [1.165, 1.54) is 0 Å². The zero-order valence-electron chi connectivity index (χ0n) is 21.7. The van der Waals surface area contributed by atoms with Crippen molar-refractivity contribution in [2.75, 3.05) is 19.6 Å². The van der Waals surface area contributed by atoms with Crippen molar-refractivity contribution >= 4 is 6.03 Å². The Morgan fingerprint density at radius 2 is 1.76 bits per heavy atom. The SMILES string of the molecule is O=C(N1CCC(O)(Cn2cnc(-c3ccccc3)cc2=O)C2(CCCC2)C1)N1CCCC1c1ccncc1. The summed E-state index contributed by atoms with van der Waals surface area (Å²) < 4.78 is 1.55. The topological polar surface area (TPSA) is 91.6 Å². The number of hydrogen-bond acceptors (Lipinski definition) is 5. The Morgan fingerprint density at radius 1 is 1.00 bits per heavy atom. The minimum absolute atomic E-state index is 0.0590. The highest BCUT2D eigenvalue weighted by Gasteiger charge is 2.56. The maximum atomic E-state index is 13.8. The Bertz CT molecular complexity index is 1340. The van der Waals surface area contributed by atoms with E-state index in [-0.39, 0.29) is 24.2 Å². The fourth-order valence-corrected chi connectivity index (χ4v) is 6.96. The van der Waals surface area contributed by atoms with E-state index in [2.05, 4.69) is 9.97 Å². The number of pyridine rings is 1. The first-order valence-corrected chi connectivity index (χ1v) is 13.8. The minimum atomic E-state index is -1.07. The molecule has 2 unspecified atom stereocenters. The maximum absolute atomic E-state index is 13.8. The van der Waals surface area contributed by atoms with Crippen LogP contribution in [0.2, 0.25) is 0 Å². The summed E-state index contributed by atoms with van der Waals surface area (Å²) in [4.78, 5) is 39.5. The predicted octanol–water partition coefficient (Wildman–Crippen LogP) is 4.26. The third-order valence-corrected chi connectivity index (χ3v) is 9.08. The van der Waals surface area contributed by atoms with Gasteiger partial charge in [0.25, 0.3) is 5.56 Å². The molecule has 1 N–H and O–H groups in total. The first-order valence-electron chi connectivity index (χ1n) is 13.8. The van der Waals surface area contributed by atoms with E-state index in [4.69, 9.17) is 0 Å². The smallest absolute Gasteiger partial charge is 0.320 e. The van der Waals surface area contributed by atoms with Gasteiger partial charge in [-0.05, 0) is 49.8 Å². The van der Waals surface area contributed by atoms with E-state index >= 15 is 0 Å². The maximum Gasteiger partial charge on any atom is 0.320 e. The minimum Gasteiger partial charge on any atom is -0.387 e. The lowest BCUT2D eigenvalue weighted by atomic mass is 9.66. The normalized spacial score (nSPS) is 24.7. The summed E-state index contributed by atoms with van der Waals surface area (Å²) in [5.41, 5.74) is 0.975. The highest BCUT2D eigenvalue weighted by molar-refractivity contribution is 5.75. The first kappa shape index (κ1) is 24.8. The number of nitrogens with zero attached hydrogens (tertiary/aromatic N) is 5. The molecule has 2 aromatic heterocycles. The van der Waals surface area contributed by atoms with Crippen molar-refractivity contribution in [2.24, 2.45) is 5.41 Å². The van der Waals surface area contributed by atoms with Crippen molar-refractivity contribution in [3.05, 3.63) is 83.2 Å². The highest BCUT2D eigenvalue weighted by atomic mass is 16.3. The van der Waals surface area contributed by atoms with Gasteiger partial charge in [0.15, 0.2) is 0 Å². The number of hydrogen-bond donors (Lipinski definition) is 1. The number of piperidine rings is 1. The van der Waals surface area contributed by atoms with Crippen LogP contribution in [0.5, 0.6) is 0 Å². The fourth-order valence-electron chi connectivity index (χ4n) is 6.96. The van der Waals surface area contributed by atoms with Crippen LogP contribution in [0.25, 0.3) is 11.3 Å². The zero-order chi connectivity index (χ0) is 26.2. The molecule has 8 nitrogen and oxygen atoms in total. The van der Waals surface area contributed by atoms with Crippen LogP contribution in [-0.4, -0.2) is 60.7 Å². The average molecular weight is 514 g/mol. The Labute approximate surface area is 223 Å². The van der Waals surface area contributed by atoms with Crippen LogP contribution in [0.3, 0.4) is 0 Å². The monoisotopic (exact) mass is 513 g/mol. The predicted molar refractivity (Wildman–Crippen MR) is 144 cm³/mol. The number of carbonyl (C=O) groups excluding carboxylic acids is 1. The van der Waals surface area contributed by atoms with E-state index in [0.717, 1.165) is 56.2 Å². The highest BCUT2D eigenvalue weighted by Crippen LogP contribution is 2.52. The molecule has 2 amide bonds. The van der Waals surface area contributed by atoms with E-state index in [1.807, 2.05) is 52.3 Å². The number of aliphatic hydroxyl groups is 1. The summed E-state index contributed by atoms with van der Waals surface area (Å²) in [5, 5.41) is 12.1. The third-order valence-electron chi connectivity index (χ3n) is 9.08. The van der Waals surface area contributed by atoms with Crippen molar-refractivity contribution in [2.45, 2.75) is 63.1 Å². The van der Waals surface area contributed by atoms with Gasteiger partial charge in [0.2, 0.25) is 0 Å². The second-order valence-electron chi connectivity index (χ2n) is 11.2. The first-order chi connectivity index (χ1) is 18.5. The van der Waals surface area contributed by atoms with Gasteiger partial charge >= 0.3 is 6.03 Å². The molecule has 3 aliphatic rings. The lowest BCUT2D eigenvalue weighted by Crippen LogP contribution is -2.63. The van der Waals surface area contributed by atoms with Gasteiger partial charge in [-0.25, -0.2) is 9.78 Å². The van der Waals surface area contributed by atoms with Gasteiger partial charge in [0.1, 0.15) is 0 Å². The van der Waals surface area contributed by atoms with Crippen LogP contribution in [0.15, 0.2) is 72.0 Å². The molecule has 4 heterocycles. The summed E-state index contributed by atoms with van der Waals surface area (Å²) in [7, 11) is 0. The molecule has 0 radical (unpaired) electrons. The van der Waals surface area contributed by atoms with Crippen LogP contribution in [0.4, 0.5) is 4.79 Å². The third kappa shape index (κ3) is 4.41. The Morgan fingerprint density at radius 3 is 2.50 bits per heavy atom. The van der Waals surface area contributed by atoms with Crippen LogP contribution >= 0.6 is 0 Å². The lowest BCUT2D eigenvalue weighted by Gasteiger charge is -2.53. The fraction of sp³-hybridized carbons (Fsp3) is 0.467. The van der Waals surface area contributed by atoms with Gasteiger partial charge in [-0.1, -0.05) is 43.2 Å². The molecule has 198 valence electrons. The van der Waals surface area contributed by atoms with Crippen molar-refractivity contribution in [1.82, 2.24) is 24.3 Å². The van der Waals surface area contributed by atoms with E-state index in [1.54, 1.807) is 29.4 Å².